The van der Waals surface area contributed by atoms with E-state index in [1.165, 1.54) is 38.5 Å². The minimum absolute atomic E-state index is 0.711. The highest BCUT2D eigenvalue weighted by atomic mass is 28.4. The molecule has 0 aromatic rings. The van der Waals surface area contributed by atoms with Gasteiger partial charge in [-0.25, -0.2) is 0 Å². The summed E-state index contributed by atoms with van der Waals surface area (Å²) in [5.74, 6) is 2.46. The second-order valence-corrected chi connectivity index (χ2v) is 11.2. The van der Waals surface area contributed by atoms with E-state index in [2.05, 4.69) is 34.6 Å². The molecule has 0 spiro atoms. The first kappa shape index (κ1) is 17.5. The van der Waals surface area contributed by atoms with Crippen molar-refractivity contribution in [2.75, 3.05) is 13.2 Å². The van der Waals surface area contributed by atoms with E-state index in [4.69, 9.17) is 8.85 Å². The van der Waals surface area contributed by atoms with Crippen LogP contribution in [0.4, 0.5) is 0 Å². The van der Waals surface area contributed by atoms with Gasteiger partial charge in [-0.15, -0.1) is 0 Å². The molecule has 0 aromatic heterocycles. The predicted molar refractivity (Wildman–Crippen MR) is 91.7 cm³/mol. The molecule has 0 aliphatic heterocycles. The highest BCUT2D eigenvalue weighted by Gasteiger charge is 2.56. The van der Waals surface area contributed by atoms with E-state index in [1.807, 2.05) is 0 Å². The topological polar surface area (TPSA) is 18.5 Å². The monoisotopic (exact) mass is 312 g/mol. The molecule has 2 saturated carbocycles. The molecule has 0 N–H and O–H groups in total. The van der Waals surface area contributed by atoms with Crippen molar-refractivity contribution >= 4 is 8.56 Å². The molecule has 5 atom stereocenters. The van der Waals surface area contributed by atoms with E-state index < -0.39 is 8.56 Å². The van der Waals surface area contributed by atoms with E-state index in [9.17, 15) is 0 Å². The molecular formula is C18H36O2Si. The number of hydrogen-bond donors (Lipinski definition) is 0. The van der Waals surface area contributed by atoms with Gasteiger partial charge in [-0.1, -0.05) is 40.0 Å². The van der Waals surface area contributed by atoms with Gasteiger partial charge in [-0.2, -0.15) is 0 Å². The average Bonchev–Trinajstić information content (AvgIpc) is 2.79. The molecule has 0 bridgehead atoms. The Morgan fingerprint density at radius 3 is 2.05 bits per heavy atom. The van der Waals surface area contributed by atoms with Crippen molar-refractivity contribution in [1.82, 2.24) is 0 Å². The third kappa shape index (κ3) is 3.56. The fraction of sp³-hybridized carbons (Fsp3) is 1.00. The minimum atomic E-state index is -2.11. The molecule has 5 unspecified atom stereocenters. The van der Waals surface area contributed by atoms with Crippen LogP contribution in [0, 0.1) is 17.8 Å². The van der Waals surface area contributed by atoms with Crippen LogP contribution in [-0.2, 0) is 8.85 Å². The minimum Gasteiger partial charge on any atom is -0.394 e. The summed E-state index contributed by atoms with van der Waals surface area (Å²) >= 11 is 0. The molecule has 0 aromatic carbocycles. The lowest BCUT2D eigenvalue weighted by Crippen LogP contribution is -2.53. The van der Waals surface area contributed by atoms with Crippen LogP contribution in [-0.4, -0.2) is 21.8 Å². The van der Waals surface area contributed by atoms with Crippen LogP contribution in [0.2, 0.25) is 11.1 Å². The highest BCUT2D eigenvalue weighted by Crippen LogP contribution is 2.54. The maximum absolute atomic E-state index is 6.58. The lowest BCUT2D eigenvalue weighted by Gasteiger charge is -2.45. The molecule has 21 heavy (non-hydrogen) atoms. The Kier molecular flexibility index (Phi) is 6.34. The van der Waals surface area contributed by atoms with Crippen LogP contribution < -0.4 is 0 Å². The largest absolute Gasteiger partial charge is 0.394 e. The molecule has 0 saturated heterocycles. The van der Waals surface area contributed by atoms with Gasteiger partial charge in [-0.05, 0) is 50.9 Å². The normalized spacial score (nSPS) is 37.9. The molecule has 2 rings (SSSR count). The van der Waals surface area contributed by atoms with Gasteiger partial charge in [0.15, 0.2) is 0 Å². The summed E-state index contributed by atoms with van der Waals surface area (Å²) in [5, 5.41) is 0. The molecule has 0 heterocycles. The maximum Gasteiger partial charge on any atom is 0.344 e. The Morgan fingerprint density at radius 1 is 0.905 bits per heavy atom. The van der Waals surface area contributed by atoms with Gasteiger partial charge in [0.2, 0.25) is 0 Å². The zero-order chi connectivity index (χ0) is 15.5. The van der Waals surface area contributed by atoms with Crippen LogP contribution in [0.3, 0.4) is 0 Å². The Balaban J connectivity index is 2.27. The fourth-order valence-corrected chi connectivity index (χ4v) is 10.4. The number of hydrogen-bond acceptors (Lipinski definition) is 2. The zero-order valence-corrected chi connectivity index (χ0v) is 15.9. The zero-order valence-electron chi connectivity index (χ0n) is 14.9. The summed E-state index contributed by atoms with van der Waals surface area (Å²) in [6.07, 6.45) is 8.15. The summed E-state index contributed by atoms with van der Waals surface area (Å²) < 4.78 is 13.2. The van der Waals surface area contributed by atoms with Crippen LogP contribution >= 0.6 is 0 Å². The van der Waals surface area contributed by atoms with Gasteiger partial charge >= 0.3 is 8.56 Å². The summed E-state index contributed by atoms with van der Waals surface area (Å²) in [5.41, 5.74) is 1.43. The molecule has 0 amide bonds. The van der Waals surface area contributed by atoms with Crippen LogP contribution in [0.25, 0.3) is 0 Å². The quantitative estimate of drug-likeness (QED) is 0.601. The molecule has 0 radical (unpaired) electrons. The van der Waals surface area contributed by atoms with Gasteiger partial charge in [0.1, 0.15) is 0 Å². The van der Waals surface area contributed by atoms with Crippen molar-refractivity contribution in [3.05, 3.63) is 0 Å². The predicted octanol–water partition coefficient (Wildman–Crippen LogP) is 5.52. The second kappa shape index (κ2) is 7.61. The van der Waals surface area contributed by atoms with Crippen molar-refractivity contribution < 1.29 is 8.85 Å². The maximum atomic E-state index is 6.58. The van der Waals surface area contributed by atoms with E-state index in [0.29, 0.717) is 5.54 Å². The third-order valence-corrected chi connectivity index (χ3v) is 11.2. The summed E-state index contributed by atoms with van der Waals surface area (Å²) in [6, 6.07) is 0. The molecular weight excluding hydrogens is 276 g/mol. The van der Waals surface area contributed by atoms with Crippen molar-refractivity contribution in [1.29, 1.82) is 0 Å². The molecule has 2 nitrogen and oxygen atoms in total. The standard InChI is InChI=1S/C18H36O2Si/c1-6-19-21(20-7-2,17-10-8-9-14(3)13-17)18-12-11-15(4)16(18)5/h14-18H,6-13H2,1-5H3. The number of rotatable bonds is 6. The lowest BCUT2D eigenvalue weighted by atomic mass is 9.90. The Labute approximate surface area is 133 Å². The van der Waals surface area contributed by atoms with E-state index in [-0.39, 0.29) is 0 Å². The van der Waals surface area contributed by atoms with Crippen molar-refractivity contribution in [2.45, 2.75) is 84.2 Å². The summed E-state index contributed by atoms with van der Waals surface area (Å²) in [4.78, 5) is 0. The fourth-order valence-electron chi connectivity index (χ4n) is 4.98. The Hall–Kier alpha value is 0.137. The van der Waals surface area contributed by atoms with E-state index in [1.54, 1.807) is 0 Å². The van der Waals surface area contributed by atoms with E-state index >= 15 is 0 Å². The molecule has 2 aliphatic rings. The second-order valence-electron chi connectivity index (χ2n) is 7.58. The first-order valence-electron chi connectivity index (χ1n) is 9.33. The first-order valence-corrected chi connectivity index (χ1v) is 11.3. The average molecular weight is 313 g/mol. The first-order chi connectivity index (χ1) is 10.0. The summed E-state index contributed by atoms with van der Waals surface area (Å²) in [6.45, 7) is 13.3. The van der Waals surface area contributed by atoms with Crippen molar-refractivity contribution in [2.24, 2.45) is 17.8 Å². The molecule has 2 aliphatic carbocycles. The Bertz CT molecular complexity index is 314. The van der Waals surface area contributed by atoms with Crippen molar-refractivity contribution in [3.63, 3.8) is 0 Å². The molecule has 2 fully saturated rings. The lowest BCUT2D eigenvalue weighted by molar-refractivity contribution is 0.141. The van der Waals surface area contributed by atoms with Crippen LogP contribution in [0.1, 0.15) is 73.1 Å². The van der Waals surface area contributed by atoms with Gasteiger partial charge in [0, 0.05) is 24.3 Å². The van der Waals surface area contributed by atoms with Crippen LogP contribution in [0.15, 0.2) is 0 Å². The van der Waals surface area contributed by atoms with Gasteiger partial charge in [0.25, 0.3) is 0 Å². The smallest absolute Gasteiger partial charge is 0.344 e. The van der Waals surface area contributed by atoms with Gasteiger partial charge < -0.3 is 8.85 Å². The van der Waals surface area contributed by atoms with E-state index in [0.717, 1.165) is 36.5 Å². The van der Waals surface area contributed by atoms with Crippen molar-refractivity contribution in [3.8, 4) is 0 Å². The molecule has 124 valence electrons. The van der Waals surface area contributed by atoms with Crippen LogP contribution in [0.5, 0.6) is 0 Å². The highest BCUT2D eigenvalue weighted by molar-refractivity contribution is 6.70. The summed E-state index contributed by atoms with van der Waals surface area (Å²) in [7, 11) is -2.11. The third-order valence-electron chi connectivity index (χ3n) is 6.23. The van der Waals surface area contributed by atoms with Gasteiger partial charge in [0.05, 0.1) is 0 Å². The van der Waals surface area contributed by atoms with Gasteiger partial charge in [-0.3, -0.25) is 0 Å². The molecule has 3 heteroatoms. The SMILES string of the molecule is CCO[Si](OCC)(C1CCCC(C)C1)C1CCC(C)C1C. The Morgan fingerprint density at radius 2 is 1.57 bits per heavy atom.